The number of rotatable bonds is 6. The van der Waals surface area contributed by atoms with Gasteiger partial charge < -0.3 is 15.1 Å². The van der Waals surface area contributed by atoms with E-state index in [2.05, 4.69) is 74.6 Å². The first-order valence-electron chi connectivity index (χ1n) is 12.0. The molecule has 0 spiro atoms. The van der Waals surface area contributed by atoms with E-state index < -0.39 is 0 Å². The van der Waals surface area contributed by atoms with E-state index in [1.807, 2.05) is 12.3 Å². The number of urea groups is 1. The van der Waals surface area contributed by atoms with E-state index in [4.69, 9.17) is 23.2 Å². The number of benzene rings is 3. The molecule has 0 radical (unpaired) electrons. The molecule has 1 aromatic heterocycles. The lowest BCUT2D eigenvalue weighted by Crippen LogP contribution is -2.50. The van der Waals surface area contributed by atoms with Crippen LogP contribution in [-0.2, 0) is 13.0 Å². The summed E-state index contributed by atoms with van der Waals surface area (Å²) in [5.74, 6) is 0. The van der Waals surface area contributed by atoms with Crippen molar-refractivity contribution in [3.05, 3.63) is 101 Å². The average molecular weight is 520 g/mol. The summed E-state index contributed by atoms with van der Waals surface area (Å²) in [6.07, 6.45) is 2.79. The van der Waals surface area contributed by atoms with Gasteiger partial charge in [-0.3, -0.25) is 4.68 Å². The number of carbonyl (C=O) groups is 1. The zero-order valence-electron chi connectivity index (χ0n) is 19.8. The zero-order chi connectivity index (χ0) is 24.9. The number of nitrogens with zero attached hydrogens (tertiary/aromatic N) is 4. The molecule has 0 saturated carbocycles. The standard InChI is InChI=1S/C28H27Cl2N5O/c29-24-7-4-8-25(30)27(24)32-28(36)34-19-17-33(18-20-34)23-11-9-22(10-12-23)26-13-15-31-35(26)16-14-21-5-2-1-3-6-21/h1-13,15H,14,16-20H2,(H,32,36). The number of hydrogen-bond acceptors (Lipinski definition) is 3. The van der Waals surface area contributed by atoms with Crippen LogP contribution in [-0.4, -0.2) is 46.9 Å². The highest BCUT2D eigenvalue weighted by molar-refractivity contribution is 6.39. The highest BCUT2D eigenvalue weighted by atomic mass is 35.5. The van der Waals surface area contributed by atoms with Crippen LogP contribution in [0, 0.1) is 0 Å². The molecule has 6 nitrogen and oxygen atoms in total. The van der Waals surface area contributed by atoms with Crippen LogP contribution in [0.15, 0.2) is 85.1 Å². The summed E-state index contributed by atoms with van der Waals surface area (Å²) in [6.45, 7) is 3.55. The average Bonchev–Trinajstić information content (AvgIpc) is 3.39. The molecule has 0 atom stereocenters. The second-order valence-electron chi connectivity index (χ2n) is 8.72. The molecule has 1 fully saturated rings. The molecule has 8 heteroatoms. The predicted octanol–water partition coefficient (Wildman–Crippen LogP) is 6.45. The topological polar surface area (TPSA) is 53.4 Å². The molecule has 0 bridgehead atoms. The molecule has 1 aliphatic heterocycles. The molecule has 0 aliphatic carbocycles. The normalized spacial score (nSPS) is 13.6. The minimum Gasteiger partial charge on any atom is -0.368 e. The molecule has 4 aromatic rings. The van der Waals surface area contributed by atoms with E-state index in [-0.39, 0.29) is 6.03 Å². The minimum absolute atomic E-state index is 0.191. The Morgan fingerprint density at radius 2 is 1.53 bits per heavy atom. The van der Waals surface area contributed by atoms with E-state index in [1.54, 1.807) is 23.1 Å². The second kappa shape index (κ2) is 11.1. The third-order valence-corrected chi connectivity index (χ3v) is 7.09. The Balaban J connectivity index is 1.18. The summed E-state index contributed by atoms with van der Waals surface area (Å²) in [4.78, 5) is 16.8. The molecule has 1 saturated heterocycles. The molecule has 0 unspecified atom stereocenters. The Morgan fingerprint density at radius 1 is 0.833 bits per heavy atom. The van der Waals surface area contributed by atoms with Crippen LogP contribution in [0.2, 0.25) is 10.0 Å². The smallest absolute Gasteiger partial charge is 0.322 e. The number of halogens is 2. The summed E-state index contributed by atoms with van der Waals surface area (Å²) >= 11 is 12.4. The van der Waals surface area contributed by atoms with Crippen molar-refractivity contribution in [2.24, 2.45) is 0 Å². The van der Waals surface area contributed by atoms with Crippen molar-refractivity contribution < 1.29 is 4.79 Å². The second-order valence-corrected chi connectivity index (χ2v) is 9.54. The summed E-state index contributed by atoms with van der Waals surface area (Å²) in [5, 5.41) is 8.23. The van der Waals surface area contributed by atoms with E-state index >= 15 is 0 Å². The first kappa shape index (κ1) is 24.2. The van der Waals surface area contributed by atoms with Gasteiger partial charge in [0.1, 0.15) is 0 Å². The number of carbonyl (C=O) groups excluding carboxylic acids is 1. The highest BCUT2D eigenvalue weighted by Gasteiger charge is 2.22. The van der Waals surface area contributed by atoms with E-state index in [0.29, 0.717) is 28.8 Å². The molecule has 3 aromatic carbocycles. The van der Waals surface area contributed by atoms with E-state index in [1.165, 1.54) is 5.56 Å². The number of amides is 2. The summed E-state index contributed by atoms with van der Waals surface area (Å²) in [6, 6.07) is 26.1. The number of hydrogen-bond donors (Lipinski definition) is 1. The molecule has 2 heterocycles. The molecular weight excluding hydrogens is 493 g/mol. The molecule has 1 aliphatic rings. The predicted molar refractivity (Wildman–Crippen MR) is 147 cm³/mol. The van der Waals surface area contributed by atoms with Crippen molar-refractivity contribution in [2.75, 3.05) is 36.4 Å². The third-order valence-electron chi connectivity index (χ3n) is 6.46. The fourth-order valence-corrected chi connectivity index (χ4v) is 4.94. The number of aryl methyl sites for hydroxylation is 2. The van der Waals surface area contributed by atoms with Gasteiger partial charge >= 0.3 is 6.03 Å². The van der Waals surface area contributed by atoms with E-state index in [9.17, 15) is 4.79 Å². The van der Waals surface area contributed by atoms with Gasteiger partial charge in [0.2, 0.25) is 0 Å². The van der Waals surface area contributed by atoms with Crippen LogP contribution >= 0.6 is 23.2 Å². The summed E-state index contributed by atoms with van der Waals surface area (Å²) in [5.41, 5.74) is 5.14. The summed E-state index contributed by atoms with van der Waals surface area (Å²) in [7, 11) is 0. The van der Waals surface area contributed by atoms with Gasteiger partial charge in [0.15, 0.2) is 0 Å². The van der Waals surface area contributed by atoms with Gasteiger partial charge in [0.05, 0.1) is 21.4 Å². The SMILES string of the molecule is O=C(Nc1c(Cl)cccc1Cl)N1CCN(c2ccc(-c3ccnn3CCc3ccccc3)cc2)CC1. The lowest BCUT2D eigenvalue weighted by Gasteiger charge is -2.36. The van der Waals surface area contributed by atoms with Gasteiger partial charge in [-0.25, -0.2) is 4.79 Å². The van der Waals surface area contributed by atoms with E-state index in [0.717, 1.165) is 43.0 Å². The Morgan fingerprint density at radius 3 is 2.22 bits per heavy atom. The monoisotopic (exact) mass is 519 g/mol. The van der Waals surface area contributed by atoms with Crippen molar-refractivity contribution in [1.82, 2.24) is 14.7 Å². The number of anilines is 2. The van der Waals surface area contributed by atoms with Crippen molar-refractivity contribution >= 4 is 40.6 Å². The number of piperazine rings is 1. The van der Waals surface area contributed by atoms with Crippen LogP contribution in [0.3, 0.4) is 0 Å². The number of nitrogens with one attached hydrogen (secondary N) is 1. The molecular formula is C28H27Cl2N5O. The number of para-hydroxylation sites is 1. The Hall–Kier alpha value is -3.48. The molecule has 36 heavy (non-hydrogen) atoms. The number of aromatic nitrogens is 2. The molecule has 184 valence electrons. The quantitative estimate of drug-likeness (QED) is 0.318. The third kappa shape index (κ3) is 5.50. The van der Waals surface area contributed by atoms with Crippen molar-refractivity contribution in [3.63, 3.8) is 0 Å². The maximum Gasteiger partial charge on any atom is 0.322 e. The van der Waals surface area contributed by atoms with Crippen LogP contribution in [0.1, 0.15) is 5.56 Å². The van der Waals surface area contributed by atoms with Crippen molar-refractivity contribution in [1.29, 1.82) is 0 Å². The minimum atomic E-state index is -0.191. The molecule has 2 amide bonds. The highest BCUT2D eigenvalue weighted by Crippen LogP contribution is 2.30. The van der Waals surface area contributed by atoms with Crippen molar-refractivity contribution in [3.8, 4) is 11.3 Å². The summed E-state index contributed by atoms with van der Waals surface area (Å²) < 4.78 is 2.06. The zero-order valence-corrected chi connectivity index (χ0v) is 21.3. The van der Waals surface area contributed by atoms with Gasteiger partial charge in [0, 0.05) is 44.6 Å². The van der Waals surface area contributed by atoms with Crippen LogP contribution in [0.5, 0.6) is 0 Å². The van der Waals surface area contributed by atoms with Gasteiger partial charge in [-0.1, -0.05) is 71.7 Å². The lowest BCUT2D eigenvalue weighted by atomic mass is 10.1. The van der Waals surface area contributed by atoms with Gasteiger partial charge in [0.25, 0.3) is 0 Å². The Kier molecular flexibility index (Phi) is 7.44. The maximum atomic E-state index is 12.7. The van der Waals surface area contributed by atoms with Crippen LogP contribution in [0.25, 0.3) is 11.3 Å². The van der Waals surface area contributed by atoms with Gasteiger partial charge in [-0.05, 0) is 47.9 Å². The first-order valence-corrected chi connectivity index (χ1v) is 12.7. The largest absolute Gasteiger partial charge is 0.368 e. The van der Waals surface area contributed by atoms with Crippen LogP contribution in [0.4, 0.5) is 16.2 Å². The fraction of sp³-hybridized carbons (Fsp3) is 0.214. The lowest BCUT2D eigenvalue weighted by molar-refractivity contribution is 0.208. The van der Waals surface area contributed by atoms with Crippen LogP contribution < -0.4 is 10.2 Å². The molecule has 1 N–H and O–H groups in total. The van der Waals surface area contributed by atoms with Gasteiger partial charge in [-0.15, -0.1) is 0 Å². The maximum absolute atomic E-state index is 12.7. The fourth-order valence-electron chi connectivity index (χ4n) is 4.45. The van der Waals surface area contributed by atoms with Gasteiger partial charge in [-0.2, -0.15) is 5.10 Å². The molecule has 5 rings (SSSR count). The Labute approximate surface area is 221 Å². The first-order chi connectivity index (χ1) is 17.6. The van der Waals surface area contributed by atoms with Crippen molar-refractivity contribution in [2.45, 2.75) is 13.0 Å². The Bertz CT molecular complexity index is 1300.